The Labute approximate surface area is 336 Å². The number of ether oxygens (including phenoxy) is 7. The van der Waals surface area contributed by atoms with Crippen LogP contribution in [-0.4, -0.2) is 105 Å². The lowest BCUT2D eigenvalue weighted by Gasteiger charge is -2.65. The second-order valence-corrected chi connectivity index (χ2v) is 19.8. The summed E-state index contributed by atoms with van der Waals surface area (Å²) in [6.45, 7) is 12.1. The number of hydrogen-bond donors (Lipinski definition) is 4. The summed E-state index contributed by atoms with van der Waals surface area (Å²) in [5.41, 5.74) is -0.479. The van der Waals surface area contributed by atoms with Crippen LogP contribution in [-0.2, 0) is 44.4 Å². The zero-order valence-corrected chi connectivity index (χ0v) is 34.4. The molecule has 4 N–H and O–H groups in total. The Balaban J connectivity index is 0.829. The number of aliphatic hydroxyl groups excluding tert-OH is 2. The van der Waals surface area contributed by atoms with Crippen LogP contribution in [0.1, 0.15) is 111 Å². The van der Waals surface area contributed by atoms with Gasteiger partial charge < -0.3 is 53.6 Å². The van der Waals surface area contributed by atoms with Crippen molar-refractivity contribution < 1.29 is 58.4 Å². The normalized spacial score (nSPS) is 50.3. The minimum atomic E-state index is -1.09. The van der Waals surface area contributed by atoms with Gasteiger partial charge in [-0.05, 0) is 125 Å². The molecule has 0 amide bonds. The molecule has 4 aliphatic heterocycles. The number of phenolic OH excluding ortho intramolecular Hbond substituents is 1. The second-order valence-electron chi connectivity index (χ2n) is 19.8. The Morgan fingerprint density at radius 1 is 0.842 bits per heavy atom. The molecule has 1 aromatic rings. The fourth-order valence-electron chi connectivity index (χ4n) is 13.5. The van der Waals surface area contributed by atoms with Crippen molar-refractivity contribution in [2.75, 3.05) is 0 Å². The van der Waals surface area contributed by atoms with Gasteiger partial charge in [-0.2, -0.15) is 0 Å². The lowest BCUT2D eigenvalue weighted by atomic mass is 9.42. The Morgan fingerprint density at radius 3 is 2.37 bits per heavy atom. The van der Waals surface area contributed by atoms with Crippen molar-refractivity contribution in [3.8, 4) is 5.75 Å². The van der Waals surface area contributed by atoms with E-state index in [2.05, 4.69) is 6.92 Å². The van der Waals surface area contributed by atoms with Gasteiger partial charge in [0.2, 0.25) is 0 Å². The van der Waals surface area contributed by atoms with Crippen LogP contribution in [0.3, 0.4) is 0 Å². The highest BCUT2D eigenvalue weighted by molar-refractivity contribution is 5.86. The maximum atomic E-state index is 12.9. The standard InChI is InChI=1S/C45H64O12/c1-23-40(55-39-22-35-41(24(2)52-39)57-42(3,4)56-35)33(47)21-38(51-23)53-27-13-15-43(5)26(18-27)11-12-30-31(43)20-36(48)44(6)29(14-16-45(30,44)50)28-19-37(49)54-34(28)17-25-9-7-8-10-32(25)46/h7-10,19,23-24,26-27,29-31,33-36,38-41,46-48,50H,11-18,20-22H2,1-6H3/t23?,24?,26-,27+,29-,30-,31+,33-,34?,35-,36-,38+,39+,40?,41?,43+,44+,45+/m1/s1. The lowest BCUT2D eigenvalue weighted by Crippen LogP contribution is -2.67. The van der Waals surface area contributed by atoms with Gasteiger partial charge >= 0.3 is 5.97 Å². The lowest BCUT2D eigenvalue weighted by molar-refractivity contribution is -0.313. The van der Waals surface area contributed by atoms with Gasteiger partial charge in [-0.25, -0.2) is 4.79 Å². The van der Waals surface area contributed by atoms with Gasteiger partial charge in [-0.3, -0.25) is 0 Å². The molecule has 7 fully saturated rings. The molecular weight excluding hydrogens is 732 g/mol. The quantitative estimate of drug-likeness (QED) is 0.204. The van der Waals surface area contributed by atoms with Gasteiger partial charge in [-0.15, -0.1) is 0 Å². The molecule has 4 aliphatic carbocycles. The molecule has 0 radical (unpaired) electrons. The van der Waals surface area contributed by atoms with E-state index in [-0.39, 0.29) is 53.3 Å². The van der Waals surface area contributed by atoms with Crippen LogP contribution >= 0.6 is 0 Å². The maximum Gasteiger partial charge on any atom is 0.331 e. The first-order valence-corrected chi connectivity index (χ1v) is 21.7. The van der Waals surface area contributed by atoms with Gasteiger partial charge in [0, 0.05) is 30.8 Å². The monoisotopic (exact) mass is 796 g/mol. The van der Waals surface area contributed by atoms with Crippen LogP contribution in [0.4, 0.5) is 0 Å². The fourth-order valence-corrected chi connectivity index (χ4v) is 13.5. The summed E-state index contributed by atoms with van der Waals surface area (Å²) in [5.74, 6) is -0.592. The number of phenols is 1. The molecule has 9 rings (SSSR count). The van der Waals surface area contributed by atoms with Crippen LogP contribution in [0.5, 0.6) is 5.75 Å². The highest BCUT2D eigenvalue weighted by Crippen LogP contribution is 2.70. The van der Waals surface area contributed by atoms with Crippen molar-refractivity contribution in [3.05, 3.63) is 41.5 Å². The molecule has 0 bridgehead atoms. The molecule has 18 atom stereocenters. The van der Waals surface area contributed by atoms with E-state index in [9.17, 15) is 25.2 Å². The van der Waals surface area contributed by atoms with E-state index in [0.29, 0.717) is 50.0 Å². The van der Waals surface area contributed by atoms with E-state index in [0.717, 1.165) is 37.7 Å². The molecule has 1 aromatic carbocycles. The third-order valence-electron chi connectivity index (χ3n) is 16.4. The van der Waals surface area contributed by atoms with Crippen LogP contribution < -0.4 is 0 Å². The fraction of sp³-hybridized carbons (Fsp3) is 0.800. The zero-order valence-electron chi connectivity index (χ0n) is 34.4. The number of benzene rings is 1. The molecule has 8 aliphatic rings. The summed E-state index contributed by atoms with van der Waals surface area (Å²) < 4.78 is 43.5. The molecule has 57 heavy (non-hydrogen) atoms. The van der Waals surface area contributed by atoms with Gasteiger partial charge in [0.05, 0.1) is 42.2 Å². The first-order valence-electron chi connectivity index (χ1n) is 21.7. The summed E-state index contributed by atoms with van der Waals surface area (Å²) in [7, 11) is 0. The van der Waals surface area contributed by atoms with Gasteiger partial charge in [0.1, 0.15) is 24.1 Å². The molecular formula is C45H64O12. The van der Waals surface area contributed by atoms with Crippen molar-refractivity contribution in [2.45, 2.75) is 191 Å². The summed E-state index contributed by atoms with van der Waals surface area (Å²) in [6, 6.07) is 7.10. The Hall–Kier alpha value is -2.13. The predicted molar refractivity (Wildman–Crippen MR) is 205 cm³/mol. The molecule has 5 unspecified atom stereocenters. The van der Waals surface area contributed by atoms with Gasteiger partial charge in [0.15, 0.2) is 18.4 Å². The predicted octanol–water partition coefficient (Wildman–Crippen LogP) is 5.45. The summed E-state index contributed by atoms with van der Waals surface area (Å²) in [4.78, 5) is 12.7. The molecule has 0 aromatic heterocycles. The largest absolute Gasteiger partial charge is 0.508 e. The first kappa shape index (κ1) is 40.3. The number of cyclic esters (lactones) is 1. The number of carbonyl (C=O) groups excluding carboxylic acids is 1. The number of para-hydroxylation sites is 1. The topological polar surface area (TPSA) is 163 Å². The molecule has 4 heterocycles. The van der Waals surface area contributed by atoms with E-state index >= 15 is 0 Å². The number of aliphatic hydroxyl groups is 3. The van der Waals surface area contributed by atoms with Gasteiger partial charge in [0.25, 0.3) is 0 Å². The van der Waals surface area contributed by atoms with Crippen LogP contribution in [0.15, 0.2) is 35.9 Å². The van der Waals surface area contributed by atoms with E-state index < -0.39 is 65.9 Å². The van der Waals surface area contributed by atoms with Crippen molar-refractivity contribution in [2.24, 2.45) is 34.5 Å². The number of carbonyl (C=O) groups is 1. The molecule has 12 heteroatoms. The van der Waals surface area contributed by atoms with Crippen molar-refractivity contribution in [3.63, 3.8) is 0 Å². The van der Waals surface area contributed by atoms with E-state index in [1.165, 1.54) is 0 Å². The average molecular weight is 797 g/mol. The van der Waals surface area contributed by atoms with Crippen molar-refractivity contribution in [1.29, 1.82) is 0 Å². The Morgan fingerprint density at radius 2 is 1.60 bits per heavy atom. The summed E-state index contributed by atoms with van der Waals surface area (Å²) in [6.07, 6.45) is 4.35. The van der Waals surface area contributed by atoms with Gasteiger partial charge in [-0.1, -0.05) is 32.0 Å². The first-order chi connectivity index (χ1) is 27.0. The number of hydrogen-bond acceptors (Lipinski definition) is 12. The highest BCUT2D eigenvalue weighted by Gasteiger charge is 2.71. The molecule has 4 saturated carbocycles. The van der Waals surface area contributed by atoms with E-state index in [4.69, 9.17) is 33.2 Å². The number of fused-ring (bicyclic) bond motifs is 6. The highest BCUT2D eigenvalue weighted by atomic mass is 16.8. The summed E-state index contributed by atoms with van der Waals surface area (Å²) >= 11 is 0. The minimum absolute atomic E-state index is 0.0191. The Kier molecular flexibility index (Phi) is 10.3. The van der Waals surface area contributed by atoms with E-state index in [1.54, 1.807) is 18.2 Å². The van der Waals surface area contributed by atoms with E-state index in [1.807, 2.05) is 46.8 Å². The van der Waals surface area contributed by atoms with Crippen LogP contribution in [0.2, 0.25) is 0 Å². The van der Waals surface area contributed by atoms with Crippen LogP contribution in [0, 0.1) is 34.5 Å². The second kappa shape index (κ2) is 14.5. The molecule has 0 spiro atoms. The maximum absolute atomic E-state index is 12.9. The van der Waals surface area contributed by atoms with Crippen molar-refractivity contribution in [1.82, 2.24) is 0 Å². The van der Waals surface area contributed by atoms with Crippen LogP contribution in [0.25, 0.3) is 0 Å². The number of esters is 1. The molecule has 316 valence electrons. The minimum Gasteiger partial charge on any atom is -0.508 e. The van der Waals surface area contributed by atoms with Crippen molar-refractivity contribution >= 4 is 5.97 Å². The zero-order chi connectivity index (χ0) is 40.2. The SMILES string of the molecule is CC1O[C@@H](O[C@H]2CC[C@@]3(C)[C@H](CC[C@@H]4[C@@H]3C[C@@H](O)[C@]3(C)[C@@H](C5=CC(=O)OC5Cc5ccccc5O)CC[C@]43O)C2)C[C@@H](O)C1O[C@H]1C[C@H]2OC(C)(C)OC2C(C)O1. The number of aromatic hydroxyl groups is 1. The molecule has 12 nitrogen and oxygen atoms in total. The Bertz CT molecular complexity index is 1700. The average Bonchev–Trinajstić information content (AvgIpc) is 3.77. The third-order valence-corrected chi connectivity index (χ3v) is 16.4. The smallest absolute Gasteiger partial charge is 0.331 e. The molecule has 3 saturated heterocycles. The third kappa shape index (κ3) is 6.72. The summed E-state index contributed by atoms with van der Waals surface area (Å²) in [5, 5.41) is 47.0. The number of rotatable bonds is 7.